The Morgan fingerprint density at radius 3 is 1.67 bits per heavy atom. The molecule has 0 aliphatic heterocycles. The maximum Gasteiger partial charge on any atom is 0.317 e. The molecule has 8 nitrogen and oxygen atoms in total. The molecule has 0 saturated carbocycles. The average Bonchev–Trinajstić information content (AvgIpc) is 3.05. The minimum absolute atomic E-state index is 0.0642. The molecule has 0 heterocycles. The van der Waals surface area contributed by atoms with Crippen LogP contribution in [-0.4, -0.2) is 65.7 Å². The van der Waals surface area contributed by atoms with Crippen molar-refractivity contribution in [3.63, 3.8) is 0 Å². The summed E-state index contributed by atoms with van der Waals surface area (Å²) in [6.07, 6.45) is 27.2. The van der Waals surface area contributed by atoms with E-state index in [0.717, 1.165) is 18.6 Å². The van der Waals surface area contributed by atoms with E-state index in [1.54, 1.807) is 6.08 Å². The summed E-state index contributed by atoms with van der Waals surface area (Å²) in [6, 6.07) is 8.05. The van der Waals surface area contributed by atoms with E-state index in [-0.39, 0.29) is 12.0 Å². The number of hydrogen-bond acceptors (Lipinski definition) is 6. The Morgan fingerprint density at radius 1 is 0.694 bits per heavy atom. The molecular formula is C41H67NO7. The summed E-state index contributed by atoms with van der Waals surface area (Å²) in [6.45, 7) is 9.04. The maximum atomic E-state index is 11.7. The van der Waals surface area contributed by atoms with Crippen LogP contribution in [0.3, 0.4) is 0 Å². The number of ether oxygens (including phenoxy) is 3. The van der Waals surface area contributed by atoms with Gasteiger partial charge >= 0.3 is 11.9 Å². The van der Waals surface area contributed by atoms with Gasteiger partial charge in [0.1, 0.15) is 17.2 Å². The van der Waals surface area contributed by atoms with Gasteiger partial charge in [-0.1, -0.05) is 142 Å². The van der Waals surface area contributed by atoms with Gasteiger partial charge < -0.3 is 24.4 Å². The largest absolute Gasteiger partial charge is 0.494 e. The third kappa shape index (κ3) is 18.7. The van der Waals surface area contributed by atoms with Gasteiger partial charge in [-0.15, -0.1) is 0 Å². The standard InChI is InChI=1S/C41H67NO7/c1-5-6-7-8-9-10-11-12-13-14-15-16-17-18-19-20-29-48-37-23-21-28-41(32-37,42(33-38(43)44)34-39(45)46)49-31-22-30-47-36-26-24-35(25-27-36)40(2,3)4/h21,23-27,32H,5-20,22,28-31,33-34H2,1-4H3,(H,43,44)(H,45,46). The molecule has 1 aliphatic carbocycles. The van der Waals surface area contributed by atoms with Crippen LogP contribution in [0.5, 0.6) is 5.75 Å². The van der Waals surface area contributed by atoms with E-state index < -0.39 is 30.8 Å². The molecule has 0 amide bonds. The first-order valence-electron chi connectivity index (χ1n) is 19.1. The van der Waals surface area contributed by atoms with Gasteiger partial charge in [-0.2, -0.15) is 0 Å². The lowest BCUT2D eigenvalue weighted by atomic mass is 9.87. The number of carboxylic acid groups (broad SMARTS) is 2. The second-order valence-electron chi connectivity index (χ2n) is 14.6. The molecule has 2 N–H and O–H groups in total. The second-order valence-corrected chi connectivity index (χ2v) is 14.6. The lowest BCUT2D eigenvalue weighted by Gasteiger charge is -2.41. The maximum absolute atomic E-state index is 11.7. The van der Waals surface area contributed by atoms with Crippen LogP contribution in [0.15, 0.2) is 48.3 Å². The minimum atomic E-state index is -1.25. The third-order valence-electron chi connectivity index (χ3n) is 9.14. The summed E-state index contributed by atoms with van der Waals surface area (Å²) < 4.78 is 18.3. The number of benzene rings is 1. The first-order chi connectivity index (χ1) is 23.6. The fourth-order valence-corrected chi connectivity index (χ4v) is 6.21. The molecule has 8 heteroatoms. The van der Waals surface area contributed by atoms with E-state index in [0.29, 0.717) is 31.8 Å². The molecule has 0 fully saturated rings. The van der Waals surface area contributed by atoms with E-state index in [4.69, 9.17) is 14.2 Å². The van der Waals surface area contributed by atoms with Crippen molar-refractivity contribution in [3.8, 4) is 5.75 Å². The molecule has 2 rings (SSSR count). The molecule has 0 saturated heterocycles. The highest BCUT2D eigenvalue weighted by Gasteiger charge is 2.39. The van der Waals surface area contributed by atoms with Crippen LogP contribution < -0.4 is 4.74 Å². The molecule has 1 atom stereocenters. The van der Waals surface area contributed by atoms with Gasteiger partial charge in [-0.25, -0.2) is 4.90 Å². The van der Waals surface area contributed by atoms with Crippen LogP contribution >= 0.6 is 0 Å². The van der Waals surface area contributed by atoms with Crippen LogP contribution in [0.4, 0.5) is 0 Å². The van der Waals surface area contributed by atoms with Crippen molar-refractivity contribution in [3.05, 3.63) is 53.8 Å². The molecule has 278 valence electrons. The Balaban J connectivity index is 1.75. The summed E-state index contributed by atoms with van der Waals surface area (Å²) in [5, 5.41) is 19.2. The van der Waals surface area contributed by atoms with Crippen molar-refractivity contribution < 1.29 is 34.0 Å². The molecule has 1 aliphatic rings. The first-order valence-corrected chi connectivity index (χ1v) is 19.1. The van der Waals surface area contributed by atoms with Crippen molar-refractivity contribution in [2.24, 2.45) is 0 Å². The normalized spacial score (nSPS) is 16.1. The Labute approximate surface area is 297 Å². The number of carbonyl (C=O) groups is 2. The van der Waals surface area contributed by atoms with E-state index in [1.807, 2.05) is 24.3 Å². The molecular weight excluding hydrogens is 618 g/mol. The highest BCUT2D eigenvalue weighted by atomic mass is 16.5. The summed E-state index contributed by atoms with van der Waals surface area (Å²) in [5.74, 6) is -0.899. The Kier molecular flexibility index (Phi) is 21.0. The fourth-order valence-electron chi connectivity index (χ4n) is 6.21. The number of carboxylic acids is 2. The quantitative estimate of drug-likeness (QED) is 0.0634. The fraction of sp³-hybridized carbons (Fsp3) is 0.707. The number of aliphatic carboxylic acids is 2. The number of unbranched alkanes of at least 4 members (excludes halogenated alkanes) is 15. The van der Waals surface area contributed by atoms with Crippen molar-refractivity contribution in [2.45, 2.75) is 154 Å². The summed E-state index contributed by atoms with van der Waals surface area (Å²) in [4.78, 5) is 24.8. The summed E-state index contributed by atoms with van der Waals surface area (Å²) >= 11 is 0. The van der Waals surface area contributed by atoms with Crippen molar-refractivity contribution >= 4 is 11.9 Å². The first kappa shape index (κ1) is 42.3. The van der Waals surface area contributed by atoms with E-state index in [2.05, 4.69) is 39.8 Å². The number of nitrogens with zero attached hydrogens (tertiary/aromatic N) is 1. The summed E-state index contributed by atoms with van der Waals surface area (Å²) in [7, 11) is 0. The zero-order valence-corrected chi connectivity index (χ0v) is 31.2. The van der Waals surface area contributed by atoms with Crippen molar-refractivity contribution in [2.75, 3.05) is 32.9 Å². The van der Waals surface area contributed by atoms with Crippen LogP contribution in [0.1, 0.15) is 149 Å². The zero-order valence-electron chi connectivity index (χ0n) is 31.2. The smallest absolute Gasteiger partial charge is 0.317 e. The predicted molar refractivity (Wildman–Crippen MR) is 198 cm³/mol. The molecule has 1 aromatic carbocycles. The minimum Gasteiger partial charge on any atom is -0.494 e. The van der Waals surface area contributed by atoms with Crippen LogP contribution in [0.2, 0.25) is 0 Å². The molecule has 49 heavy (non-hydrogen) atoms. The predicted octanol–water partition coefficient (Wildman–Crippen LogP) is 10.1. The Bertz CT molecular complexity index is 1090. The van der Waals surface area contributed by atoms with Gasteiger partial charge in [-0.05, 0) is 35.6 Å². The van der Waals surface area contributed by atoms with Crippen molar-refractivity contribution in [1.29, 1.82) is 0 Å². The monoisotopic (exact) mass is 685 g/mol. The van der Waals surface area contributed by atoms with Gasteiger partial charge in [-0.3, -0.25) is 9.59 Å². The second kappa shape index (κ2) is 24.3. The Hall–Kier alpha value is -2.84. The lowest BCUT2D eigenvalue weighted by molar-refractivity contribution is -0.163. The number of hydrogen-bond donors (Lipinski definition) is 2. The van der Waals surface area contributed by atoms with E-state index >= 15 is 0 Å². The third-order valence-corrected chi connectivity index (χ3v) is 9.14. The van der Waals surface area contributed by atoms with Gasteiger partial charge in [0.15, 0.2) is 0 Å². The van der Waals surface area contributed by atoms with Gasteiger partial charge in [0, 0.05) is 18.9 Å². The number of allylic oxidation sites excluding steroid dienone is 1. The molecule has 0 spiro atoms. The van der Waals surface area contributed by atoms with Gasteiger partial charge in [0.05, 0.1) is 32.9 Å². The number of rotatable bonds is 29. The molecule has 1 aromatic rings. The van der Waals surface area contributed by atoms with E-state index in [9.17, 15) is 19.8 Å². The van der Waals surface area contributed by atoms with Gasteiger partial charge in [0.2, 0.25) is 0 Å². The highest BCUT2D eigenvalue weighted by molar-refractivity contribution is 5.73. The SMILES string of the molecule is CCCCCCCCCCCCCCCCCCOC1=CC(OCCCOc2ccc(C(C)(C)C)cc2)(N(CC(=O)O)CC(=O)O)CC=C1. The lowest BCUT2D eigenvalue weighted by Crippen LogP contribution is -2.54. The summed E-state index contributed by atoms with van der Waals surface area (Å²) in [5.41, 5.74) is 0.0468. The Morgan fingerprint density at radius 2 is 1.18 bits per heavy atom. The van der Waals surface area contributed by atoms with Crippen LogP contribution in [-0.2, 0) is 24.5 Å². The molecule has 0 radical (unpaired) electrons. The van der Waals surface area contributed by atoms with Crippen LogP contribution in [0.25, 0.3) is 0 Å². The highest BCUT2D eigenvalue weighted by Crippen LogP contribution is 2.31. The topological polar surface area (TPSA) is 106 Å². The van der Waals surface area contributed by atoms with Crippen LogP contribution in [0, 0.1) is 0 Å². The van der Waals surface area contributed by atoms with E-state index in [1.165, 1.54) is 100 Å². The molecule has 0 bridgehead atoms. The van der Waals surface area contributed by atoms with Crippen molar-refractivity contribution in [1.82, 2.24) is 4.90 Å². The van der Waals surface area contributed by atoms with Gasteiger partial charge in [0.25, 0.3) is 0 Å². The molecule has 0 aromatic heterocycles. The average molecular weight is 686 g/mol. The molecule has 1 unspecified atom stereocenters. The zero-order chi connectivity index (χ0) is 35.8.